The molecule has 1 atom stereocenters. The van der Waals surface area contributed by atoms with Gasteiger partial charge in [0.25, 0.3) is 0 Å². The first-order chi connectivity index (χ1) is 9.79. The first kappa shape index (κ1) is 15.7. The van der Waals surface area contributed by atoms with Gasteiger partial charge in [0.15, 0.2) is 0 Å². The van der Waals surface area contributed by atoms with Crippen molar-refractivity contribution in [2.45, 2.75) is 45.5 Å². The highest BCUT2D eigenvalue weighted by atomic mass is 16.5. The summed E-state index contributed by atoms with van der Waals surface area (Å²) in [5.41, 5.74) is 5.32. The van der Waals surface area contributed by atoms with Gasteiger partial charge in [-0.3, -0.25) is 0 Å². The Bertz CT molecular complexity index is 495. The van der Waals surface area contributed by atoms with Crippen LogP contribution in [0.1, 0.15) is 27.7 Å². The van der Waals surface area contributed by atoms with E-state index in [4.69, 9.17) is 15.2 Å². The molecule has 8 heteroatoms. The Morgan fingerprint density at radius 2 is 2.14 bits per heavy atom. The monoisotopic (exact) mass is 297 g/mol. The summed E-state index contributed by atoms with van der Waals surface area (Å²) in [4.78, 5) is 14.4. The fourth-order valence-corrected chi connectivity index (χ4v) is 2.31. The summed E-state index contributed by atoms with van der Waals surface area (Å²) in [5, 5.41) is 9.36. The number of morpholine rings is 1. The number of hydrogen-bond donors (Lipinski definition) is 2. The van der Waals surface area contributed by atoms with Crippen LogP contribution in [0.3, 0.4) is 0 Å². The molecule has 1 saturated heterocycles. The average Bonchev–Trinajstić information content (AvgIpc) is 2.35. The van der Waals surface area contributed by atoms with Crippen molar-refractivity contribution in [1.29, 1.82) is 0 Å². The maximum Gasteiger partial charge on any atom is 0.323 e. The average molecular weight is 297 g/mol. The van der Waals surface area contributed by atoms with Crippen molar-refractivity contribution < 1.29 is 14.6 Å². The van der Waals surface area contributed by atoms with E-state index >= 15 is 0 Å². The number of ether oxygens (including phenoxy) is 2. The Morgan fingerprint density at radius 1 is 1.43 bits per heavy atom. The topological polar surface area (TPSA) is 107 Å². The Balaban J connectivity index is 2.25. The number of hydrogen-bond acceptors (Lipinski definition) is 8. The molecular formula is C13H23N5O3. The van der Waals surface area contributed by atoms with Crippen LogP contribution in [-0.4, -0.2) is 57.6 Å². The van der Waals surface area contributed by atoms with E-state index in [1.807, 2.05) is 32.6 Å². The van der Waals surface area contributed by atoms with Crippen molar-refractivity contribution in [1.82, 2.24) is 15.0 Å². The number of rotatable bonds is 4. The Morgan fingerprint density at radius 3 is 2.76 bits per heavy atom. The lowest BCUT2D eigenvalue weighted by atomic mass is 10.1. The maximum absolute atomic E-state index is 9.36. The molecule has 1 fully saturated rings. The summed E-state index contributed by atoms with van der Waals surface area (Å²) in [5.74, 6) is 0.550. The first-order valence-electron chi connectivity index (χ1n) is 7.01. The highest BCUT2D eigenvalue weighted by Crippen LogP contribution is 2.25. The summed E-state index contributed by atoms with van der Waals surface area (Å²) in [7, 11) is 0. The van der Waals surface area contributed by atoms with Gasteiger partial charge in [0.05, 0.1) is 24.4 Å². The summed E-state index contributed by atoms with van der Waals surface area (Å²) in [6.07, 6.45) is -0.341. The van der Waals surface area contributed by atoms with E-state index < -0.39 is 5.60 Å². The quantitative estimate of drug-likeness (QED) is 0.812. The molecule has 21 heavy (non-hydrogen) atoms. The second-order valence-corrected chi connectivity index (χ2v) is 6.01. The largest absolute Gasteiger partial charge is 0.461 e. The van der Waals surface area contributed by atoms with Crippen molar-refractivity contribution in [3.63, 3.8) is 0 Å². The molecule has 8 nitrogen and oxygen atoms in total. The van der Waals surface area contributed by atoms with Gasteiger partial charge in [-0.2, -0.15) is 15.0 Å². The van der Waals surface area contributed by atoms with Gasteiger partial charge in [0.1, 0.15) is 0 Å². The minimum atomic E-state index is -0.411. The third kappa shape index (κ3) is 4.15. The lowest BCUT2D eigenvalue weighted by Crippen LogP contribution is -2.54. The van der Waals surface area contributed by atoms with Gasteiger partial charge in [0, 0.05) is 13.1 Å². The molecule has 0 radical (unpaired) electrons. The lowest BCUT2D eigenvalue weighted by molar-refractivity contribution is -0.101. The Kier molecular flexibility index (Phi) is 4.48. The Hall–Kier alpha value is -1.67. The predicted octanol–water partition coefficient (Wildman–Crippen LogP) is 0.217. The van der Waals surface area contributed by atoms with Crippen molar-refractivity contribution in [3.05, 3.63) is 0 Å². The second-order valence-electron chi connectivity index (χ2n) is 6.01. The van der Waals surface area contributed by atoms with Crippen LogP contribution in [0.2, 0.25) is 0 Å². The number of nitrogen functional groups attached to an aromatic ring is 1. The predicted molar refractivity (Wildman–Crippen MR) is 78.3 cm³/mol. The van der Waals surface area contributed by atoms with Crippen LogP contribution in [-0.2, 0) is 4.74 Å². The molecule has 1 aliphatic rings. The normalized spacial score (nSPS) is 21.6. The molecular weight excluding hydrogens is 274 g/mol. The molecule has 118 valence electrons. The van der Waals surface area contributed by atoms with Gasteiger partial charge in [-0.25, -0.2) is 0 Å². The molecule has 0 spiro atoms. The maximum atomic E-state index is 9.36. The number of nitrogens with zero attached hydrogens (tertiary/aromatic N) is 4. The van der Waals surface area contributed by atoms with Crippen molar-refractivity contribution in [3.8, 4) is 6.01 Å². The van der Waals surface area contributed by atoms with E-state index in [1.165, 1.54) is 0 Å². The second kappa shape index (κ2) is 5.98. The molecule has 0 amide bonds. The molecule has 2 heterocycles. The van der Waals surface area contributed by atoms with Crippen LogP contribution in [0.25, 0.3) is 0 Å². The highest BCUT2D eigenvalue weighted by Gasteiger charge is 2.34. The van der Waals surface area contributed by atoms with Gasteiger partial charge < -0.3 is 25.2 Å². The first-order valence-corrected chi connectivity index (χ1v) is 7.01. The zero-order chi connectivity index (χ0) is 15.6. The molecule has 2 rings (SSSR count). The molecule has 0 aliphatic carbocycles. The number of nitrogens with two attached hydrogens (primary N) is 1. The van der Waals surface area contributed by atoms with E-state index in [0.717, 1.165) is 0 Å². The van der Waals surface area contributed by atoms with Crippen LogP contribution in [0.5, 0.6) is 6.01 Å². The van der Waals surface area contributed by atoms with Crippen LogP contribution in [0, 0.1) is 0 Å². The van der Waals surface area contributed by atoms with Gasteiger partial charge >= 0.3 is 6.01 Å². The van der Waals surface area contributed by atoms with E-state index in [0.29, 0.717) is 19.0 Å². The third-order valence-electron chi connectivity index (χ3n) is 2.93. The van der Waals surface area contributed by atoms with E-state index in [9.17, 15) is 5.11 Å². The summed E-state index contributed by atoms with van der Waals surface area (Å²) >= 11 is 0. The van der Waals surface area contributed by atoms with E-state index in [-0.39, 0.29) is 30.8 Å². The van der Waals surface area contributed by atoms with Crippen LogP contribution in [0.15, 0.2) is 0 Å². The highest BCUT2D eigenvalue weighted by molar-refractivity contribution is 5.37. The molecule has 1 aliphatic heterocycles. The van der Waals surface area contributed by atoms with Gasteiger partial charge in [-0.15, -0.1) is 0 Å². The zero-order valence-electron chi connectivity index (χ0n) is 12.9. The minimum absolute atomic E-state index is 0.0500. The fourth-order valence-electron chi connectivity index (χ4n) is 2.31. The lowest BCUT2D eigenvalue weighted by Gasteiger charge is -2.42. The van der Waals surface area contributed by atoms with Gasteiger partial charge in [-0.1, -0.05) is 0 Å². The fraction of sp³-hybridized carbons (Fsp3) is 0.769. The van der Waals surface area contributed by atoms with Crippen LogP contribution in [0.4, 0.5) is 11.9 Å². The minimum Gasteiger partial charge on any atom is -0.461 e. The van der Waals surface area contributed by atoms with Crippen molar-refractivity contribution >= 4 is 11.9 Å². The SMILES string of the molecule is CC(C)Oc1nc(N)nc(N2CC(CO)OC(C)(C)C2)n1. The molecule has 1 aromatic rings. The molecule has 1 unspecified atom stereocenters. The molecule has 0 aromatic carbocycles. The number of aromatic nitrogens is 3. The van der Waals surface area contributed by atoms with Crippen LogP contribution >= 0.6 is 0 Å². The summed E-state index contributed by atoms with van der Waals surface area (Å²) < 4.78 is 11.3. The molecule has 0 saturated carbocycles. The number of anilines is 2. The third-order valence-corrected chi connectivity index (χ3v) is 2.93. The molecule has 0 bridgehead atoms. The molecule has 3 N–H and O–H groups in total. The van der Waals surface area contributed by atoms with Gasteiger partial charge in [0.2, 0.25) is 11.9 Å². The van der Waals surface area contributed by atoms with Crippen molar-refractivity contribution in [2.75, 3.05) is 30.3 Å². The zero-order valence-corrected chi connectivity index (χ0v) is 12.9. The summed E-state index contributed by atoms with van der Waals surface area (Å²) in [6, 6.07) is 0.206. The Labute approximate surface area is 124 Å². The van der Waals surface area contributed by atoms with Gasteiger partial charge in [-0.05, 0) is 27.7 Å². The standard InChI is InChI=1S/C13H23N5O3/c1-8(2)20-12-16-10(14)15-11(17-12)18-5-9(6-19)21-13(3,4)7-18/h8-9,19H,5-7H2,1-4H3,(H2,14,15,16,17). The van der Waals surface area contributed by atoms with E-state index in [2.05, 4.69) is 15.0 Å². The van der Waals surface area contributed by atoms with Crippen LogP contribution < -0.4 is 15.4 Å². The number of aliphatic hydroxyl groups is 1. The van der Waals surface area contributed by atoms with E-state index in [1.54, 1.807) is 0 Å². The van der Waals surface area contributed by atoms with Crippen molar-refractivity contribution in [2.24, 2.45) is 0 Å². The molecule has 1 aromatic heterocycles. The number of aliphatic hydroxyl groups excluding tert-OH is 1. The smallest absolute Gasteiger partial charge is 0.323 e. The summed E-state index contributed by atoms with van der Waals surface area (Å²) in [6.45, 7) is 8.71.